The molecule has 0 unspecified atom stereocenters. The molecule has 1 aromatic rings. The van der Waals surface area contributed by atoms with Gasteiger partial charge in [-0.05, 0) is 26.3 Å². The van der Waals surface area contributed by atoms with Crippen molar-refractivity contribution in [3.05, 3.63) is 18.0 Å². The van der Waals surface area contributed by atoms with Gasteiger partial charge >= 0.3 is 5.97 Å². The standard InChI is InChI=1S/C11H18N2O2/c1-4-5-13-7-9(12)6-10(13)11(14)15-8(2)3/h6-8H,4-5,12H2,1-3H3. The minimum Gasteiger partial charge on any atom is -0.458 e. The Labute approximate surface area is 90.0 Å². The Bertz CT molecular complexity index is 342. The molecule has 1 heterocycles. The monoisotopic (exact) mass is 210 g/mol. The molecule has 0 radical (unpaired) electrons. The van der Waals surface area contributed by atoms with Crippen LogP contribution in [0, 0.1) is 0 Å². The Kier molecular flexibility index (Phi) is 3.77. The zero-order chi connectivity index (χ0) is 11.4. The van der Waals surface area contributed by atoms with Crippen molar-refractivity contribution in [2.45, 2.75) is 39.8 Å². The van der Waals surface area contributed by atoms with Gasteiger partial charge in [-0.25, -0.2) is 4.79 Å². The number of anilines is 1. The number of aryl methyl sites for hydroxylation is 1. The third-order valence-electron chi connectivity index (χ3n) is 1.93. The highest BCUT2D eigenvalue weighted by atomic mass is 16.5. The zero-order valence-electron chi connectivity index (χ0n) is 9.49. The number of nitrogens with two attached hydrogens (primary N) is 1. The normalized spacial score (nSPS) is 10.7. The molecule has 0 saturated carbocycles. The zero-order valence-corrected chi connectivity index (χ0v) is 9.49. The molecule has 0 aromatic carbocycles. The van der Waals surface area contributed by atoms with Gasteiger partial charge in [0.05, 0.1) is 11.8 Å². The van der Waals surface area contributed by atoms with Gasteiger partial charge in [-0.15, -0.1) is 0 Å². The third-order valence-corrected chi connectivity index (χ3v) is 1.93. The van der Waals surface area contributed by atoms with Crippen LogP contribution in [-0.4, -0.2) is 16.6 Å². The maximum Gasteiger partial charge on any atom is 0.355 e. The Balaban J connectivity index is 2.86. The molecule has 0 aliphatic heterocycles. The van der Waals surface area contributed by atoms with Crippen LogP contribution in [0.1, 0.15) is 37.7 Å². The molecule has 1 aromatic heterocycles. The van der Waals surface area contributed by atoms with Crippen molar-refractivity contribution in [1.29, 1.82) is 0 Å². The lowest BCUT2D eigenvalue weighted by atomic mass is 10.4. The fourth-order valence-corrected chi connectivity index (χ4v) is 1.40. The lowest BCUT2D eigenvalue weighted by Gasteiger charge is -2.09. The van der Waals surface area contributed by atoms with E-state index in [0.717, 1.165) is 13.0 Å². The van der Waals surface area contributed by atoms with Crippen LogP contribution in [0.25, 0.3) is 0 Å². The van der Waals surface area contributed by atoms with Gasteiger partial charge in [0.2, 0.25) is 0 Å². The number of hydrogen-bond donors (Lipinski definition) is 1. The van der Waals surface area contributed by atoms with E-state index in [0.29, 0.717) is 11.4 Å². The van der Waals surface area contributed by atoms with Gasteiger partial charge in [0.1, 0.15) is 5.69 Å². The Morgan fingerprint density at radius 3 is 2.80 bits per heavy atom. The molecule has 0 saturated heterocycles. The molecule has 15 heavy (non-hydrogen) atoms. The summed E-state index contributed by atoms with van der Waals surface area (Å²) in [7, 11) is 0. The van der Waals surface area contributed by atoms with E-state index in [-0.39, 0.29) is 12.1 Å². The van der Waals surface area contributed by atoms with E-state index in [2.05, 4.69) is 0 Å². The van der Waals surface area contributed by atoms with E-state index < -0.39 is 0 Å². The number of rotatable bonds is 4. The molecule has 0 amide bonds. The highest BCUT2D eigenvalue weighted by Gasteiger charge is 2.14. The maximum atomic E-state index is 11.7. The second-order valence-electron chi connectivity index (χ2n) is 3.81. The van der Waals surface area contributed by atoms with Crippen LogP contribution >= 0.6 is 0 Å². The number of aromatic nitrogens is 1. The number of carbonyl (C=O) groups is 1. The van der Waals surface area contributed by atoms with Gasteiger partial charge in [-0.2, -0.15) is 0 Å². The first kappa shape index (κ1) is 11.6. The van der Waals surface area contributed by atoms with Gasteiger partial charge in [0, 0.05) is 12.7 Å². The summed E-state index contributed by atoms with van der Waals surface area (Å²) in [5.41, 5.74) is 6.78. The van der Waals surface area contributed by atoms with Crippen LogP contribution < -0.4 is 5.73 Å². The fourth-order valence-electron chi connectivity index (χ4n) is 1.40. The quantitative estimate of drug-likeness (QED) is 0.774. The SMILES string of the molecule is CCCn1cc(N)cc1C(=O)OC(C)C. The lowest BCUT2D eigenvalue weighted by molar-refractivity contribution is 0.0365. The largest absolute Gasteiger partial charge is 0.458 e. The van der Waals surface area contributed by atoms with E-state index in [1.54, 1.807) is 12.3 Å². The van der Waals surface area contributed by atoms with Crippen molar-refractivity contribution in [3.63, 3.8) is 0 Å². The predicted octanol–water partition coefficient (Wildman–Crippen LogP) is 2.05. The molecule has 4 nitrogen and oxygen atoms in total. The van der Waals surface area contributed by atoms with Crippen molar-refractivity contribution >= 4 is 11.7 Å². The van der Waals surface area contributed by atoms with E-state index in [1.807, 2.05) is 25.3 Å². The molecule has 0 bridgehead atoms. The summed E-state index contributed by atoms with van der Waals surface area (Å²) in [5.74, 6) is -0.310. The lowest BCUT2D eigenvalue weighted by Crippen LogP contribution is -2.15. The first-order valence-electron chi connectivity index (χ1n) is 5.21. The average Bonchev–Trinajstić information content (AvgIpc) is 2.46. The van der Waals surface area contributed by atoms with Gasteiger partial charge in [-0.1, -0.05) is 6.92 Å². The highest BCUT2D eigenvalue weighted by molar-refractivity contribution is 5.89. The van der Waals surface area contributed by atoms with Crippen LogP contribution in [0.2, 0.25) is 0 Å². The number of esters is 1. The molecule has 1 rings (SSSR count). The third kappa shape index (κ3) is 3.01. The summed E-state index contributed by atoms with van der Waals surface area (Å²) < 4.78 is 6.95. The van der Waals surface area contributed by atoms with Crippen LogP contribution in [-0.2, 0) is 11.3 Å². The number of nitrogens with zero attached hydrogens (tertiary/aromatic N) is 1. The molecular formula is C11H18N2O2. The van der Waals surface area contributed by atoms with E-state index in [9.17, 15) is 4.79 Å². The van der Waals surface area contributed by atoms with Gasteiger partial charge in [0.15, 0.2) is 0 Å². The highest BCUT2D eigenvalue weighted by Crippen LogP contribution is 2.13. The Morgan fingerprint density at radius 2 is 2.27 bits per heavy atom. The number of nitrogen functional groups attached to an aromatic ring is 1. The summed E-state index contributed by atoms with van der Waals surface area (Å²) in [6.45, 7) is 6.48. The van der Waals surface area contributed by atoms with Crippen LogP contribution in [0.5, 0.6) is 0 Å². The molecule has 4 heteroatoms. The van der Waals surface area contributed by atoms with Crippen LogP contribution in [0.4, 0.5) is 5.69 Å². The van der Waals surface area contributed by atoms with E-state index in [4.69, 9.17) is 10.5 Å². The summed E-state index contributed by atoms with van der Waals surface area (Å²) in [6.07, 6.45) is 2.61. The van der Waals surface area contributed by atoms with Crippen molar-refractivity contribution in [3.8, 4) is 0 Å². The molecule has 84 valence electrons. The summed E-state index contributed by atoms with van der Waals surface area (Å²) in [5, 5.41) is 0. The van der Waals surface area contributed by atoms with Crippen molar-refractivity contribution in [1.82, 2.24) is 4.57 Å². The molecule has 0 aliphatic rings. The van der Waals surface area contributed by atoms with Gasteiger partial charge in [-0.3, -0.25) is 0 Å². The van der Waals surface area contributed by atoms with Gasteiger partial charge < -0.3 is 15.0 Å². The summed E-state index contributed by atoms with van der Waals surface area (Å²) in [6, 6.07) is 1.65. The molecule has 2 N–H and O–H groups in total. The predicted molar refractivity (Wildman–Crippen MR) is 59.7 cm³/mol. The van der Waals surface area contributed by atoms with Crippen LogP contribution in [0.15, 0.2) is 12.3 Å². The van der Waals surface area contributed by atoms with Crippen molar-refractivity contribution in [2.24, 2.45) is 0 Å². The van der Waals surface area contributed by atoms with Crippen molar-refractivity contribution < 1.29 is 9.53 Å². The maximum absolute atomic E-state index is 11.7. The van der Waals surface area contributed by atoms with E-state index >= 15 is 0 Å². The smallest absolute Gasteiger partial charge is 0.355 e. The minimum atomic E-state index is -0.310. The Morgan fingerprint density at radius 1 is 1.60 bits per heavy atom. The molecule has 0 atom stereocenters. The second kappa shape index (κ2) is 4.87. The number of ether oxygens (including phenoxy) is 1. The number of carbonyl (C=O) groups excluding carboxylic acids is 1. The minimum absolute atomic E-state index is 0.108. The second-order valence-corrected chi connectivity index (χ2v) is 3.81. The Hall–Kier alpha value is -1.45. The molecular weight excluding hydrogens is 192 g/mol. The summed E-state index contributed by atoms with van der Waals surface area (Å²) in [4.78, 5) is 11.7. The first-order valence-corrected chi connectivity index (χ1v) is 5.21. The first-order chi connectivity index (χ1) is 7.04. The average molecular weight is 210 g/mol. The molecule has 0 fully saturated rings. The topological polar surface area (TPSA) is 57.2 Å². The fraction of sp³-hybridized carbons (Fsp3) is 0.545. The number of hydrogen-bond acceptors (Lipinski definition) is 3. The van der Waals surface area contributed by atoms with Crippen LogP contribution in [0.3, 0.4) is 0 Å². The molecule has 0 spiro atoms. The van der Waals surface area contributed by atoms with Crippen molar-refractivity contribution in [2.75, 3.05) is 5.73 Å². The van der Waals surface area contributed by atoms with E-state index in [1.165, 1.54) is 0 Å². The summed E-state index contributed by atoms with van der Waals surface area (Å²) >= 11 is 0. The molecule has 0 aliphatic carbocycles. The van der Waals surface area contributed by atoms with Gasteiger partial charge in [0.25, 0.3) is 0 Å².